The Morgan fingerprint density at radius 1 is 1.35 bits per heavy atom. The number of carboxylic acids is 1. The second kappa shape index (κ2) is 4.93. The molecule has 0 bridgehead atoms. The van der Waals surface area contributed by atoms with E-state index in [0.29, 0.717) is 17.5 Å². The molecule has 3 rings (SSSR count). The fourth-order valence-corrected chi connectivity index (χ4v) is 3.38. The van der Waals surface area contributed by atoms with Gasteiger partial charge in [-0.25, -0.2) is 9.78 Å². The Labute approximate surface area is 118 Å². The lowest BCUT2D eigenvalue weighted by Gasteiger charge is -2.35. The van der Waals surface area contributed by atoms with Crippen molar-refractivity contribution < 1.29 is 9.90 Å². The van der Waals surface area contributed by atoms with E-state index >= 15 is 0 Å². The highest BCUT2D eigenvalue weighted by Crippen LogP contribution is 2.38. The van der Waals surface area contributed by atoms with Crippen molar-refractivity contribution in [1.82, 2.24) is 9.55 Å². The SMILES string of the molecule is CC1CCCC(n2cnc3cc(C(=O)O)ccc32)C1C. The molecule has 4 heteroatoms. The molecule has 20 heavy (non-hydrogen) atoms. The maximum Gasteiger partial charge on any atom is 0.335 e. The molecule has 0 amide bonds. The minimum atomic E-state index is -0.902. The second-order valence-corrected chi connectivity index (χ2v) is 6.00. The van der Waals surface area contributed by atoms with Crippen LogP contribution in [0.4, 0.5) is 0 Å². The molecule has 1 saturated carbocycles. The Hall–Kier alpha value is -1.84. The second-order valence-electron chi connectivity index (χ2n) is 6.00. The number of aromatic carboxylic acids is 1. The van der Waals surface area contributed by atoms with E-state index in [1.807, 2.05) is 12.4 Å². The van der Waals surface area contributed by atoms with E-state index < -0.39 is 5.97 Å². The number of imidazole rings is 1. The largest absolute Gasteiger partial charge is 0.478 e. The van der Waals surface area contributed by atoms with E-state index in [9.17, 15) is 4.79 Å². The van der Waals surface area contributed by atoms with Crippen molar-refractivity contribution in [3.63, 3.8) is 0 Å². The van der Waals surface area contributed by atoms with E-state index in [2.05, 4.69) is 23.4 Å². The van der Waals surface area contributed by atoms with Crippen LogP contribution in [0.3, 0.4) is 0 Å². The molecule has 1 fully saturated rings. The van der Waals surface area contributed by atoms with E-state index in [1.165, 1.54) is 19.3 Å². The Balaban J connectivity index is 2.02. The van der Waals surface area contributed by atoms with Gasteiger partial charge in [-0.3, -0.25) is 0 Å². The normalized spacial score (nSPS) is 26.8. The van der Waals surface area contributed by atoms with Crippen LogP contribution in [0, 0.1) is 11.8 Å². The first kappa shape index (κ1) is 13.2. The van der Waals surface area contributed by atoms with Gasteiger partial charge in [0.1, 0.15) is 0 Å². The molecule has 1 aliphatic carbocycles. The molecule has 3 unspecified atom stereocenters. The molecule has 1 heterocycles. The van der Waals surface area contributed by atoms with Gasteiger partial charge in [-0.15, -0.1) is 0 Å². The number of hydrogen-bond acceptors (Lipinski definition) is 2. The van der Waals surface area contributed by atoms with Gasteiger partial charge in [0.05, 0.1) is 22.9 Å². The zero-order valence-electron chi connectivity index (χ0n) is 11.9. The molecule has 106 valence electrons. The lowest BCUT2D eigenvalue weighted by atomic mass is 9.78. The van der Waals surface area contributed by atoms with Gasteiger partial charge in [-0.1, -0.05) is 26.7 Å². The molecule has 0 aliphatic heterocycles. The maximum atomic E-state index is 11.0. The number of hydrogen-bond donors (Lipinski definition) is 1. The van der Waals surface area contributed by atoms with Crippen molar-refractivity contribution in [2.75, 3.05) is 0 Å². The third-order valence-electron chi connectivity index (χ3n) is 4.84. The molecule has 0 radical (unpaired) electrons. The smallest absolute Gasteiger partial charge is 0.335 e. The highest BCUT2D eigenvalue weighted by Gasteiger charge is 2.29. The van der Waals surface area contributed by atoms with Crippen molar-refractivity contribution in [2.24, 2.45) is 11.8 Å². The summed E-state index contributed by atoms with van der Waals surface area (Å²) in [4.78, 5) is 15.4. The standard InChI is InChI=1S/C16H20N2O2/c1-10-4-3-5-14(11(10)2)18-9-17-13-8-12(16(19)20)6-7-15(13)18/h6-11,14H,3-5H2,1-2H3,(H,19,20). The van der Waals surface area contributed by atoms with Gasteiger partial charge in [-0.05, 0) is 36.5 Å². The lowest BCUT2D eigenvalue weighted by Crippen LogP contribution is -2.26. The van der Waals surface area contributed by atoms with Crippen LogP contribution in [0.1, 0.15) is 49.5 Å². The first-order chi connectivity index (χ1) is 9.58. The van der Waals surface area contributed by atoms with Crippen LogP contribution in [-0.2, 0) is 0 Å². The highest BCUT2D eigenvalue weighted by atomic mass is 16.4. The van der Waals surface area contributed by atoms with E-state index in [4.69, 9.17) is 5.11 Å². The summed E-state index contributed by atoms with van der Waals surface area (Å²) < 4.78 is 2.24. The van der Waals surface area contributed by atoms with E-state index in [1.54, 1.807) is 12.1 Å². The molecule has 1 aromatic heterocycles. The molecule has 2 aromatic rings. The van der Waals surface area contributed by atoms with Crippen LogP contribution in [0.25, 0.3) is 11.0 Å². The quantitative estimate of drug-likeness (QED) is 0.906. The summed E-state index contributed by atoms with van der Waals surface area (Å²) in [7, 11) is 0. The predicted octanol–water partition coefficient (Wildman–Crippen LogP) is 3.73. The first-order valence-electron chi connectivity index (χ1n) is 7.28. The molecule has 4 nitrogen and oxygen atoms in total. The van der Waals surface area contributed by atoms with Crippen LogP contribution < -0.4 is 0 Å². The van der Waals surface area contributed by atoms with E-state index in [0.717, 1.165) is 17.0 Å². The lowest BCUT2D eigenvalue weighted by molar-refractivity contribution is 0.0697. The van der Waals surface area contributed by atoms with Crippen LogP contribution in [0.15, 0.2) is 24.5 Å². The first-order valence-corrected chi connectivity index (χ1v) is 7.28. The molecule has 3 atom stereocenters. The Morgan fingerprint density at radius 2 is 2.15 bits per heavy atom. The summed E-state index contributed by atoms with van der Waals surface area (Å²) in [5.74, 6) is 0.450. The van der Waals surface area contributed by atoms with Gasteiger partial charge in [-0.2, -0.15) is 0 Å². The van der Waals surface area contributed by atoms with Crippen LogP contribution in [0.5, 0.6) is 0 Å². The van der Waals surface area contributed by atoms with E-state index in [-0.39, 0.29) is 0 Å². The highest BCUT2D eigenvalue weighted by molar-refractivity contribution is 5.92. The van der Waals surface area contributed by atoms with Gasteiger partial charge < -0.3 is 9.67 Å². The number of rotatable bonds is 2. The zero-order valence-corrected chi connectivity index (χ0v) is 11.9. The summed E-state index contributed by atoms with van der Waals surface area (Å²) >= 11 is 0. The van der Waals surface area contributed by atoms with Crippen molar-refractivity contribution >= 4 is 17.0 Å². The Morgan fingerprint density at radius 3 is 2.90 bits per heavy atom. The van der Waals surface area contributed by atoms with Gasteiger partial charge in [0.15, 0.2) is 0 Å². The minimum Gasteiger partial charge on any atom is -0.478 e. The van der Waals surface area contributed by atoms with Crippen LogP contribution in [-0.4, -0.2) is 20.6 Å². The molecule has 1 aromatic carbocycles. The topological polar surface area (TPSA) is 55.1 Å². The van der Waals surface area contributed by atoms with Gasteiger partial charge in [0, 0.05) is 6.04 Å². The van der Waals surface area contributed by atoms with Crippen LogP contribution in [0.2, 0.25) is 0 Å². The predicted molar refractivity (Wildman–Crippen MR) is 77.9 cm³/mol. The summed E-state index contributed by atoms with van der Waals surface area (Å²) in [6.07, 6.45) is 5.60. The number of nitrogens with zero attached hydrogens (tertiary/aromatic N) is 2. The minimum absolute atomic E-state index is 0.299. The third-order valence-corrected chi connectivity index (χ3v) is 4.84. The maximum absolute atomic E-state index is 11.0. The number of aromatic nitrogens is 2. The van der Waals surface area contributed by atoms with Gasteiger partial charge in [0.25, 0.3) is 0 Å². The van der Waals surface area contributed by atoms with Gasteiger partial charge >= 0.3 is 5.97 Å². The molecular formula is C16H20N2O2. The molecule has 1 N–H and O–H groups in total. The van der Waals surface area contributed by atoms with Crippen molar-refractivity contribution in [3.05, 3.63) is 30.1 Å². The fraction of sp³-hybridized carbons (Fsp3) is 0.500. The summed E-state index contributed by atoms with van der Waals surface area (Å²) in [5.41, 5.74) is 2.11. The zero-order chi connectivity index (χ0) is 14.3. The average molecular weight is 272 g/mol. The van der Waals surface area contributed by atoms with Gasteiger partial charge in [0.2, 0.25) is 0 Å². The Bertz CT molecular complexity index is 647. The number of fused-ring (bicyclic) bond motifs is 1. The third kappa shape index (κ3) is 2.09. The van der Waals surface area contributed by atoms with Crippen LogP contribution >= 0.6 is 0 Å². The molecule has 1 aliphatic rings. The summed E-state index contributed by atoms with van der Waals surface area (Å²) in [6.45, 7) is 4.63. The molecule has 0 saturated heterocycles. The number of benzene rings is 1. The number of carboxylic acid groups (broad SMARTS) is 1. The monoisotopic (exact) mass is 272 g/mol. The fourth-order valence-electron chi connectivity index (χ4n) is 3.38. The summed E-state index contributed by atoms with van der Waals surface area (Å²) in [5, 5.41) is 9.04. The average Bonchev–Trinajstić information content (AvgIpc) is 2.84. The number of carbonyl (C=O) groups is 1. The molecular weight excluding hydrogens is 252 g/mol. The van der Waals surface area contributed by atoms with Crippen molar-refractivity contribution in [2.45, 2.75) is 39.2 Å². The summed E-state index contributed by atoms with van der Waals surface area (Å²) in [6, 6.07) is 5.68. The van der Waals surface area contributed by atoms with Crippen molar-refractivity contribution in [3.8, 4) is 0 Å². The Kier molecular flexibility index (Phi) is 3.24. The van der Waals surface area contributed by atoms with Crippen molar-refractivity contribution in [1.29, 1.82) is 0 Å². The molecule has 0 spiro atoms.